The summed E-state index contributed by atoms with van der Waals surface area (Å²) in [5.74, 6) is 5.94. The minimum atomic E-state index is -0.298. The maximum Gasteiger partial charge on any atom is 0.231 e. The van der Waals surface area contributed by atoms with E-state index < -0.39 is 0 Å². The van der Waals surface area contributed by atoms with Crippen LogP contribution >= 0.6 is 0 Å². The van der Waals surface area contributed by atoms with E-state index in [1.165, 1.54) is 31.4 Å². The van der Waals surface area contributed by atoms with E-state index in [1.54, 1.807) is 37.3 Å². The predicted molar refractivity (Wildman–Crippen MR) is 105 cm³/mol. The van der Waals surface area contributed by atoms with Gasteiger partial charge in [-0.15, -0.1) is 0 Å². The Labute approximate surface area is 160 Å². The molecule has 1 aliphatic carbocycles. The van der Waals surface area contributed by atoms with E-state index in [9.17, 15) is 9.18 Å². The topological polar surface area (TPSA) is 33.2 Å². The molecule has 0 unspecified atom stereocenters. The number of likely N-dealkylation sites (N-methyl/N-ethyl adjacent to an activating group) is 1. The second-order valence-corrected chi connectivity index (χ2v) is 7.34. The van der Waals surface area contributed by atoms with Crippen molar-refractivity contribution in [3.8, 4) is 11.8 Å². The van der Waals surface area contributed by atoms with Gasteiger partial charge in [-0.1, -0.05) is 37.2 Å². The highest BCUT2D eigenvalue weighted by Gasteiger charge is 2.32. The van der Waals surface area contributed by atoms with Crippen molar-refractivity contribution in [1.82, 2.24) is 9.88 Å². The Hall–Kier alpha value is -2.67. The first kappa shape index (κ1) is 19.1. The first-order valence-electron chi connectivity index (χ1n) is 9.49. The number of hydrogen-bond acceptors (Lipinski definition) is 2. The SMILES string of the molecule is CN(C)C(=O)[C@H](c1ccc(C#Cc2cccc(F)c2)cn1)C1CCCCC1. The number of carbonyl (C=O) groups is 1. The largest absolute Gasteiger partial charge is 0.348 e. The van der Waals surface area contributed by atoms with E-state index in [0.717, 1.165) is 24.1 Å². The van der Waals surface area contributed by atoms with Gasteiger partial charge in [0.25, 0.3) is 0 Å². The van der Waals surface area contributed by atoms with Gasteiger partial charge in [0.2, 0.25) is 5.91 Å². The standard InChI is InChI=1S/C23H25FN2O/c1-26(2)23(27)22(19-8-4-3-5-9-19)21-14-13-18(16-25-21)12-11-17-7-6-10-20(24)15-17/h6-7,10,13-16,19,22H,3-5,8-9H2,1-2H3/t22-/m0/s1. The quantitative estimate of drug-likeness (QED) is 0.758. The van der Waals surface area contributed by atoms with Crippen LogP contribution < -0.4 is 0 Å². The third-order valence-electron chi connectivity index (χ3n) is 5.11. The van der Waals surface area contributed by atoms with Gasteiger partial charge < -0.3 is 4.90 Å². The molecule has 0 saturated heterocycles. The lowest BCUT2D eigenvalue weighted by Gasteiger charge is -2.30. The average molecular weight is 364 g/mol. The highest BCUT2D eigenvalue weighted by Crippen LogP contribution is 2.36. The maximum atomic E-state index is 13.2. The van der Waals surface area contributed by atoms with Crippen LogP contribution in [0.1, 0.15) is 54.8 Å². The lowest BCUT2D eigenvalue weighted by Crippen LogP contribution is -2.34. The first-order chi connectivity index (χ1) is 13.0. The van der Waals surface area contributed by atoms with Gasteiger partial charge in [0.15, 0.2) is 0 Å². The maximum absolute atomic E-state index is 13.2. The monoisotopic (exact) mass is 364 g/mol. The molecule has 3 rings (SSSR count). The molecular formula is C23H25FN2O. The lowest BCUT2D eigenvalue weighted by molar-refractivity contribution is -0.132. The minimum Gasteiger partial charge on any atom is -0.348 e. The lowest BCUT2D eigenvalue weighted by atomic mass is 9.77. The number of nitrogens with zero attached hydrogens (tertiary/aromatic N) is 2. The third kappa shape index (κ3) is 4.95. The Morgan fingerprint density at radius 3 is 2.48 bits per heavy atom. The summed E-state index contributed by atoms with van der Waals surface area (Å²) in [5.41, 5.74) is 2.20. The molecule has 3 nitrogen and oxygen atoms in total. The normalized spacial score (nSPS) is 15.5. The summed E-state index contributed by atoms with van der Waals surface area (Å²) in [5, 5.41) is 0. The van der Waals surface area contributed by atoms with Crippen molar-refractivity contribution in [1.29, 1.82) is 0 Å². The zero-order chi connectivity index (χ0) is 19.2. The molecule has 2 aromatic rings. The molecule has 1 saturated carbocycles. The van der Waals surface area contributed by atoms with Crippen molar-refractivity contribution in [2.24, 2.45) is 5.92 Å². The Balaban J connectivity index is 1.82. The Bertz CT molecular complexity index is 843. The minimum absolute atomic E-state index is 0.119. The van der Waals surface area contributed by atoms with Gasteiger partial charge in [-0.25, -0.2) is 4.39 Å². The van der Waals surface area contributed by atoms with Crippen LogP contribution in [-0.4, -0.2) is 29.9 Å². The summed E-state index contributed by atoms with van der Waals surface area (Å²) in [6, 6.07) is 10.0. The van der Waals surface area contributed by atoms with Crippen molar-refractivity contribution in [2.45, 2.75) is 38.0 Å². The molecule has 27 heavy (non-hydrogen) atoms. The number of aromatic nitrogens is 1. The summed E-state index contributed by atoms with van der Waals surface area (Å²) in [4.78, 5) is 19.0. The van der Waals surface area contributed by atoms with Crippen LogP contribution in [0.5, 0.6) is 0 Å². The fourth-order valence-corrected chi connectivity index (χ4v) is 3.69. The van der Waals surface area contributed by atoms with Crippen molar-refractivity contribution in [2.75, 3.05) is 14.1 Å². The molecule has 1 heterocycles. The van der Waals surface area contributed by atoms with Crippen LogP contribution in [0, 0.1) is 23.6 Å². The molecule has 0 N–H and O–H groups in total. The molecule has 0 bridgehead atoms. The van der Waals surface area contributed by atoms with E-state index >= 15 is 0 Å². The molecular weight excluding hydrogens is 339 g/mol. The molecule has 140 valence electrons. The number of halogens is 1. The number of pyridine rings is 1. The van der Waals surface area contributed by atoms with Gasteiger partial charge in [-0.2, -0.15) is 0 Å². The fourth-order valence-electron chi connectivity index (χ4n) is 3.69. The molecule has 1 aromatic heterocycles. The van der Waals surface area contributed by atoms with Crippen LogP contribution in [0.25, 0.3) is 0 Å². The Morgan fingerprint density at radius 1 is 1.11 bits per heavy atom. The molecule has 1 aromatic carbocycles. The van der Waals surface area contributed by atoms with E-state index in [2.05, 4.69) is 16.8 Å². The molecule has 0 spiro atoms. The van der Waals surface area contributed by atoms with Gasteiger partial charge in [-0.3, -0.25) is 9.78 Å². The number of rotatable bonds is 3. The Morgan fingerprint density at radius 2 is 1.85 bits per heavy atom. The van der Waals surface area contributed by atoms with Gasteiger partial charge >= 0.3 is 0 Å². The second kappa shape index (κ2) is 8.81. The molecule has 1 fully saturated rings. The van der Waals surface area contributed by atoms with Crippen molar-refractivity contribution in [3.63, 3.8) is 0 Å². The first-order valence-corrected chi connectivity index (χ1v) is 9.49. The molecule has 4 heteroatoms. The third-order valence-corrected chi connectivity index (χ3v) is 5.11. The van der Waals surface area contributed by atoms with Crippen molar-refractivity contribution < 1.29 is 9.18 Å². The van der Waals surface area contributed by atoms with E-state index in [-0.39, 0.29) is 17.6 Å². The summed E-state index contributed by atoms with van der Waals surface area (Å²) >= 11 is 0. The zero-order valence-electron chi connectivity index (χ0n) is 15.9. The van der Waals surface area contributed by atoms with Gasteiger partial charge in [0, 0.05) is 31.4 Å². The summed E-state index contributed by atoms with van der Waals surface area (Å²) in [7, 11) is 3.61. The van der Waals surface area contributed by atoms with Gasteiger partial charge in [0.1, 0.15) is 5.82 Å². The van der Waals surface area contributed by atoms with E-state index in [4.69, 9.17) is 0 Å². The molecule has 0 radical (unpaired) electrons. The highest BCUT2D eigenvalue weighted by atomic mass is 19.1. The van der Waals surface area contributed by atoms with Crippen molar-refractivity contribution in [3.05, 3.63) is 65.2 Å². The van der Waals surface area contributed by atoms with Crippen LogP contribution in [0.3, 0.4) is 0 Å². The van der Waals surface area contributed by atoms with Crippen LogP contribution in [-0.2, 0) is 4.79 Å². The fraction of sp³-hybridized carbons (Fsp3) is 0.391. The highest BCUT2D eigenvalue weighted by molar-refractivity contribution is 5.83. The molecule has 1 amide bonds. The van der Waals surface area contributed by atoms with Gasteiger partial charge in [-0.05, 0) is 49.1 Å². The van der Waals surface area contributed by atoms with Crippen LogP contribution in [0.2, 0.25) is 0 Å². The molecule has 1 atom stereocenters. The summed E-state index contributed by atoms with van der Waals surface area (Å²) < 4.78 is 13.2. The van der Waals surface area contributed by atoms with E-state index in [0.29, 0.717) is 11.5 Å². The zero-order valence-corrected chi connectivity index (χ0v) is 15.9. The average Bonchev–Trinajstić information content (AvgIpc) is 2.68. The number of amides is 1. The van der Waals surface area contributed by atoms with E-state index in [1.807, 2.05) is 12.1 Å². The molecule has 0 aliphatic heterocycles. The van der Waals surface area contributed by atoms with Crippen molar-refractivity contribution >= 4 is 5.91 Å². The summed E-state index contributed by atoms with van der Waals surface area (Å²) in [6.45, 7) is 0. The number of benzene rings is 1. The number of carbonyl (C=O) groups excluding carboxylic acids is 1. The molecule has 1 aliphatic rings. The Kier molecular flexibility index (Phi) is 6.24. The number of hydrogen-bond donors (Lipinski definition) is 0. The second-order valence-electron chi connectivity index (χ2n) is 7.34. The van der Waals surface area contributed by atoms with Crippen LogP contribution in [0.15, 0.2) is 42.6 Å². The van der Waals surface area contributed by atoms with Crippen LogP contribution in [0.4, 0.5) is 4.39 Å². The predicted octanol–water partition coefficient (Wildman–Crippen LogP) is 4.37. The smallest absolute Gasteiger partial charge is 0.231 e. The summed E-state index contributed by atoms with van der Waals surface area (Å²) in [6.07, 6.45) is 7.47. The van der Waals surface area contributed by atoms with Gasteiger partial charge in [0.05, 0.1) is 11.6 Å².